The van der Waals surface area contributed by atoms with Crippen LogP contribution in [0, 0.1) is 11.3 Å². The molecule has 7 heteroatoms. The summed E-state index contributed by atoms with van der Waals surface area (Å²) in [4.78, 5) is 23.9. The Morgan fingerprint density at radius 3 is 2.69 bits per heavy atom. The van der Waals surface area contributed by atoms with E-state index in [0.29, 0.717) is 16.8 Å². The summed E-state index contributed by atoms with van der Waals surface area (Å²) < 4.78 is 2.46. The Labute approximate surface area is 174 Å². The molecule has 3 aromatic rings. The van der Waals surface area contributed by atoms with Crippen LogP contribution in [0.15, 0.2) is 35.1 Å². The number of anilines is 1. The maximum absolute atomic E-state index is 13.5. The Morgan fingerprint density at radius 1 is 1.21 bits per heavy atom. The number of hydrogen-bond donors (Lipinski definition) is 0. The molecule has 0 unspecified atom stereocenters. The Morgan fingerprint density at radius 2 is 1.97 bits per heavy atom. The summed E-state index contributed by atoms with van der Waals surface area (Å²) in [5, 5.41) is 9.48. The fourth-order valence-electron chi connectivity index (χ4n) is 3.85. The molecule has 3 heterocycles. The van der Waals surface area contributed by atoms with E-state index >= 15 is 0 Å². The number of piperidine rings is 1. The van der Waals surface area contributed by atoms with E-state index in [2.05, 4.69) is 15.9 Å². The Balaban J connectivity index is 1.86. The summed E-state index contributed by atoms with van der Waals surface area (Å²) in [5.74, 6) is 0.726. The van der Waals surface area contributed by atoms with Gasteiger partial charge in [-0.2, -0.15) is 5.26 Å². The average molecular weight is 408 g/mol. The van der Waals surface area contributed by atoms with E-state index in [1.54, 1.807) is 10.6 Å². The van der Waals surface area contributed by atoms with Crippen molar-refractivity contribution >= 4 is 27.5 Å². The molecule has 1 aromatic carbocycles. The minimum Gasteiger partial charge on any atom is -0.342 e. The number of aromatic nitrogens is 2. The van der Waals surface area contributed by atoms with Crippen molar-refractivity contribution in [3.8, 4) is 6.07 Å². The summed E-state index contributed by atoms with van der Waals surface area (Å²) in [6.07, 6.45) is 3.43. The summed E-state index contributed by atoms with van der Waals surface area (Å²) in [6, 6.07) is 11.8. The third kappa shape index (κ3) is 4.04. The van der Waals surface area contributed by atoms with Crippen molar-refractivity contribution in [2.45, 2.75) is 32.4 Å². The van der Waals surface area contributed by atoms with E-state index in [1.165, 1.54) is 17.8 Å². The fraction of sp³-hybridized carbons (Fsp3) is 0.409. The highest BCUT2D eigenvalue weighted by Crippen LogP contribution is 2.26. The van der Waals surface area contributed by atoms with Crippen molar-refractivity contribution in [1.82, 2.24) is 14.5 Å². The number of rotatable bonds is 5. The summed E-state index contributed by atoms with van der Waals surface area (Å²) in [7, 11) is 4.04. The maximum Gasteiger partial charge on any atom is 0.273 e. The molecule has 1 fully saturated rings. The van der Waals surface area contributed by atoms with Gasteiger partial charge in [-0.05, 0) is 51.1 Å². The lowest BCUT2D eigenvalue weighted by molar-refractivity contribution is 0.406. The van der Waals surface area contributed by atoms with E-state index < -0.39 is 0 Å². The first kappa shape index (κ1) is 19.6. The van der Waals surface area contributed by atoms with Crippen molar-refractivity contribution in [2.75, 3.05) is 32.1 Å². The fourth-order valence-corrected chi connectivity index (χ4v) is 5.02. The Kier molecular flexibility index (Phi) is 5.65. The van der Waals surface area contributed by atoms with Gasteiger partial charge in [0.05, 0.1) is 23.7 Å². The number of hydrogen-bond acceptors (Lipinski definition) is 6. The lowest BCUT2D eigenvalue weighted by Gasteiger charge is -2.29. The molecule has 0 spiro atoms. The molecule has 0 amide bonds. The van der Waals surface area contributed by atoms with Gasteiger partial charge >= 0.3 is 0 Å². The Hall–Kier alpha value is -2.69. The van der Waals surface area contributed by atoms with E-state index in [1.807, 2.05) is 38.4 Å². The molecule has 0 N–H and O–H groups in total. The molecule has 6 nitrogen and oxygen atoms in total. The van der Waals surface area contributed by atoms with Crippen LogP contribution >= 0.6 is 11.3 Å². The summed E-state index contributed by atoms with van der Waals surface area (Å²) >= 11 is 1.52. The van der Waals surface area contributed by atoms with E-state index in [0.717, 1.165) is 54.4 Å². The lowest BCUT2D eigenvalue weighted by Crippen LogP contribution is -2.36. The first-order chi connectivity index (χ1) is 14.1. The smallest absolute Gasteiger partial charge is 0.273 e. The molecule has 0 atom stereocenters. The van der Waals surface area contributed by atoms with Gasteiger partial charge in [0.25, 0.3) is 5.56 Å². The van der Waals surface area contributed by atoms with Crippen LogP contribution in [0.3, 0.4) is 0 Å². The predicted molar refractivity (Wildman–Crippen MR) is 118 cm³/mol. The molecular formula is C22H25N5OS. The zero-order valence-corrected chi connectivity index (χ0v) is 17.7. The monoisotopic (exact) mass is 407 g/mol. The number of nitrogens with zero attached hydrogens (tertiary/aromatic N) is 5. The highest BCUT2D eigenvalue weighted by atomic mass is 32.1. The van der Waals surface area contributed by atoms with Gasteiger partial charge in [-0.15, -0.1) is 11.3 Å². The van der Waals surface area contributed by atoms with Crippen LogP contribution in [0.5, 0.6) is 0 Å². The number of thiophene rings is 1. The van der Waals surface area contributed by atoms with Gasteiger partial charge in [-0.1, -0.05) is 18.2 Å². The van der Waals surface area contributed by atoms with Gasteiger partial charge in [-0.3, -0.25) is 9.36 Å². The van der Waals surface area contributed by atoms with E-state index in [9.17, 15) is 10.1 Å². The van der Waals surface area contributed by atoms with Gasteiger partial charge in [-0.25, -0.2) is 4.98 Å². The molecule has 0 radical (unpaired) electrons. The molecule has 2 aromatic heterocycles. The molecule has 1 saturated heterocycles. The quantitative estimate of drug-likeness (QED) is 0.648. The Bertz CT molecular complexity index is 1120. The van der Waals surface area contributed by atoms with Gasteiger partial charge < -0.3 is 9.80 Å². The van der Waals surface area contributed by atoms with Gasteiger partial charge in [0, 0.05) is 24.5 Å². The predicted octanol–water partition coefficient (Wildman–Crippen LogP) is 3.43. The molecule has 0 saturated carbocycles. The average Bonchev–Trinajstić information content (AvgIpc) is 3.13. The highest BCUT2D eigenvalue weighted by molar-refractivity contribution is 7.18. The van der Waals surface area contributed by atoms with Gasteiger partial charge in [0.1, 0.15) is 4.70 Å². The molecule has 0 bridgehead atoms. The standard InChI is InChI=1S/C22H25N5OS/c1-25(2)15-18-12-19-20(29-18)21(28)27(14-17-9-5-4-8-16(17)13-23)22(24-19)26-10-6-3-7-11-26/h4-5,8-9,12H,3,6-7,10-11,14-15H2,1-2H3. The zero-order chi connectivity index (χ0) is 20.4. The third-order valence-corrected chi connectivity index (χ3v) is 6.34. The van der Waals surface area contributed by atoms with Crippen LogP contribution in [-0.2, 0) is 13.1 Å². The minimum atomic E-state index is -0.0154. The molecule has 0 aliphatic carbocycles. The second-order valence-electron chi connectivity index (χ2n) is 7.78. The minimum absolute atomic E-state index is 0.0154. The van der Waals surface area contributed by atoms with Crippen molar-refractivity contribution in [1.29, 1.82) is 5.26 Å². The van der Waals surface area contributed by atoms with Gasteiger partial charge in [0.15, 0.2) is 0 Å². The SMILES string of the molecule is CN(C)Cc1cc2nc(N3CCCCC3)n(Cc3ccccc3C#N)c(=O)c2s1. The van der Waals surface area contributed by atoms with Crippen molar-refractivity contribution in [3.63, 3.8) is 0 Å². The largest absolute Gasteiger partial charge is 0.342 e. The van der Waals surface area contributed by atoms with Crippen LogP contribution in [0.4, 0.5) is 5.95 Å². The van der Waals surface area contributed by atoms with Crippen LogP contribution in [-0.4, -0.2) is 41.6 Å². The van der Waals surface area contributed by atoms with E-state index in [4.69, 9.17) is 4.98 Å². The molecule has 4 rings (SSSR count). The number of benzene rings is 1. The zero-order valence-electron chi connectivity index (χ0n) is 16.9. The third-order valence-electron chi connectivity index (χ3n) is 5.24. The molecule has 150 valence electrons. The van der Waals surface area contributed by atoms with Crippen molar-refractivity contribution in [2.24, 2.45) is 0 Å². The first-order valence-corrected chi connectivity index (χ1v) is 10.8. The maximum atomic E-state index is 13.5. The number of nitriles is 1. The lowest BCUT2D eigenvalue weighted by atomic mass is 10.1. The molecule has 1 aliphatic rings. The highest BCUT2D eigenvalue weighted by Gasteiger charge is 2.21. The summed E-state index contributed by atoms with van der Waals surface area (Å²) in [6.45, 7) is 2.97. The van der Waals surface area contributed by atoms with Crippen molar-refractivity contribution in [3.05, 3.63) is 56.7 Å². The summed E-state index contributed by atoms with van der Waals surface area (Å²) in [5.41, 5.74) is 2.21. The van der Waals surface area contributed by atoms with Crippen LogP contribution in [0.1, 0.15) is 35.3 Å². The molecule has 29 heavy (non-hydrogen) atoms. The first-order valence-electron chi connectivity index (χ1n) is 9.98. The molecular weight excluding hydrogens is 382 g/mol. The molecule has 1 aliphatic heterocycles. The van der Waals surface area contributed by atoms with E-state index in [-0.39, 0.29) is 5.56 Å². The van der Waals surface area contributed by atoms with Crippen LogP contribution in [0.25, 0.3) is 10.2 Å². The second-order valence-corrected chi connectivity index (χ2v) is 8.92. The van der Waals surface area contributed by atoms with Crippen molar-refractivity contribution < 1.29 is 0 Å². The van der Waals surface area contributed by atoms with Crippen LogP contribution in [0.2, 0.25) is 0 Å². The number of fused-ring (bicyclic) bond motifs is 1. The second kappa shape index (κ2) is 8.36. The van der Waals surface area contributed by atoms with Gasteiger partial charge in [0.2, 0.25) is 5.95 Å². The topological polar surface area (TPSA) is 65.2 Å². The van der Waals surface area contributed by atoms with Crippen LogP contribution < -0.4 is 10.5 Å². The normalized spacial score (nSPS) is 14.5.